The fraction of sp³-hybridized carbons (Fsp3) is 0.727. The van der Waals surface area contributed by atoms with Gasteiger partial charge in [-0.25, -0.2) is 0 Å². The number of nitrogens with one attached hydrogen (secondary N) is 2. The monoisotopic (exact) mass is 417 g/mol. The first-order chi connectivity index (χ1) is 14.2. The quantitative estimate of drug-likeness (QED) is 0.552. The van der Waals surface area contributed by atoms with E-state index in [2.05, 4.69) is 42.9 Å². The molecule has 1 amide bonds. The van der Waals surface area contributed by atoms with E-state index in [0.29, 0.717) is 18.0 Å². The summed E-state index contributed by atoms with van der Waals surface area (Å²) >= 11 is 1.84. The second kappa shape index (κ2) is 9.94. The lowest BCUT2D eigenvalue weighted by molar-refractivity contribution is -0.134. The zero-order valence-corrected chi connectivity index (χ0v) is 18.4. The van der Waals surface area contributed by atoms with Gasteiger partial charge in [0.15, 0.2) is 5.96 Å². The van der Waals surface area contributed by atoms with Gasteiger partial charge in [-0.15, -0.1) is 11.3 Å². The number of amides is 1. The molecule has 0 spiro atoms. The van der Waals surface area contributed by atoms with Gasteiger partial charge < -0.3 is 15.5 Å². The fourth-order valence-corrected chi connectivity index (χ4v) is 5.90. The summed E-state index contributed by atoms with van der Waals surface area (Å²) in [5.41, 5.74) is 0. The molecule has 2 saturated heterocycles. The van der Waals surface area contributed by atoms with Gasteiger partial charge in [0, 0.05) is 43.5 Å². The molecule has 29 heavy (non-hydrogen) atoms. The Kier molecular flexibility index (Phi) is 7.08. The van der Waals surface area contributed by atoms with Gasteiger partial charge in [0.1, 0.15) is 0 Å². The maximum atomic E-state index is 12.7. The number of carbonyl (C=O) groups excluding carboxylic acids is 1. The molecule has 1 aliphatic carbocycles. The zero-order valence-electron chi connectivity index (χ0n) is 17.6. The minimum absolute atomic E-state index is 0.276. The molecule has 3 fully saturated rings. The number of hydrogen-bond acceptors (Lipinski definition) is 4. The molecular formula is C22H35N5OS. The van der Waals surface area contributed by atoms with Crippen LogP contribution >= 0.6 is 11.3 Å². The Morgan fingerprint density at radius 2 is 2.00 bits per heavy atom. The van der Waals surface area contributed by atoms with Crippen molar-refractivity contribution in [2.45, 2.75) is 57.0 Å². The topological polar surface area (TPSA) is 60.0 Å². The number of guanidine groups is 1. The van der Waals surface area contributed by atoms with Crippen LogP contribution < -0.4 is 10.6 Å². The molecule has 7 heteroatoms. The van der Waals surface area contributed by atoms with E-state index in [9.17, 15) is 4.79 Å². The van der Waals surface area contributed by atoms with Gasteiger partial charge in [0.25, 0.3) is 0 Å². The summed E-state index contributed by atoms with van der Waals surface area (Å²) in [5, 5.41) is 9.29. The van der Waals surface area contributed by atoms with Crippen molar-refractivity contribution in [3.05, 3.63) is 22.4 Å². The van der Waals surface area contributed by atoms with E-state index in [-0.39, 0.29) is 5.92 Å². The fourth-order valence-electron chi connectivity index (χ4n) is 5.03. The Morgan fingerprint density at radius 1 is 1.21 bits per heavy atom. The SMILES string of the molecule is CN=C(NCC(c1cccs1)N1CCCC1)NC1CCN(C(=O)C2CCCC2)C1. The van der Waals surface area contributed by atoms with E-state index < -0.39 is 0 Å². The first-order valence-corrected chi connectivity index (χ1v) is 12.2. The summed E-state index contributed by atoms with van der Waals surface area (Å²) in [4.78, 5) is 23.2. The zero-order chi connectivity index (χ0) is 20.1. The van der Waals surface area contributed by atoms with Crippen molar-refractivity contribution in [1.29, 1.82) is 0 Å². The lowest BCUT2D eigenvalue weighted by atomic mass is 10.1. The van der Waals surface area contributed by atoms with Crippen LogP contribution in [0.3, 0.4) is 0 Å². The predicted octanol–water partition coefficient (Wildman–Crippen LogP) is 2.84. The van der Waals surface area contributed by atoms with Gasteiger partial charge in [0.2, 0.25) is 5.91 Å². The second-order valence-electron chi connectivity index (χ2n) is 8.62. The molecule has 0 aromatic carbocycles. The lowest BCUT2D eigenvalue weighted by Gasteiger charge is -2.28. The van der Waals surface area contributed by atoms with E-state index in [0.717, 1.165) is 44.9 Å². The summed E-state index contributed by atoms with van der Waals surface area (Å²) in [5.74, 6) is 1.51. The summed E-state index contributed by atoms with van der Waals surface area (Å²) in [6.45, 7) is 4.89. The number of aliphatic imine (C=N–C) groups is 1. The van der Waals surface area contributed by atoms with Gasteiger partial charge in [0.05, 0.1) is 6.04 Å². The highest BCUT2D eigenvalue weighted by atomic mass is 32.1. The van der Waals surface area contributed by atoms with Crippen molar-refractivity contribution >= 4 is 23.2 Å². The van der Waals surface area contributed by atoms with Crippen molar-refractivity contribution < 1.29 is 4.79 Å². The Morgan fingerprint density at radius 3 is 2.69 bits per heavy atom. The molecule has 3 aliphatic rings. The first kappa shape index (κ1) is 20.7. The van der Waals surface area contributed by atoms with E-state index >= 15 is 0 Å². The highest BCUT2D eigenvalue weighted by molar-refractivity contribution is 7.10. The highest BCUT2D eigenvalue weighted by Crippen LogP contribution is 2.29. The molecule has 2 N–H and O–H groups in total. The Labute approximate surface area is 178 Å². The predicted molar refractivity (Wildman–Crippen MR) is 119 cm³/mol. The number of rotatable bonds is 6. The minimum Gasteiger partial charge on any atom is -0.354 e. The van der Waals surface area contributed by atoms with Gasteiger partial charge in [-0.2, -0.15) is 0 Å². The normalized spacial score (nSPS) is 24.9. The minimum atomic E-state index is 0.276. The molecule has 1 aromatic heterocycles. The summed E-state index contributed by atoms with van der Waals surface area (Å²) < 4.78 is 0. The largest absolute Gasteiger partial charge is 0.354 e. The van der Waals surface area contributed by atoms with Crippen LogP contribution in [0.4, 0.5) is 0 Å². The number of carbonyl (C=O) groups is 1. The molecule has 1 saturated carbocycles. The van der Waals surface area contributed by atoms with Crippen LogP contribution in [0.1, 0.15) is 55.9 Å². The molecule has 0 bridgehead atoms. The van der Waals surface area contributed by atoms with Gasteiger partial charge >= 0.3 is 0 Å². The summed E-state index contributed by atoms with van der Waals surface area (Å²) in [6.07, 6.45) is 8.17. The average Bonchev–Trinajstić information content (AvgIpc) is 3.55. The maximum absolute atomic E-state index is 12.7. The second-order valence-corrected chi connectivity index (χ2v) is 9.60. The van der Waals surface area contributed by atoms with Crippen LogP contribution in [0.2, 0.25) is 0 Å². The van der Waals surface area contributed by atoms with E-state index in [1.807, 2.05) is 18.4 Å². The number of likely N-dealkylation sites (tertiary alicyclic amines) is 2. The van der Waals surface area contributed by atoms with Crippen molar-refractivity contribution in [3.63, 3.8) is 0 Å². The standard InChI is InChI=1S/C22H35N5OS/c1-23-22(24-15-19(20-9-6-14-29-20)26-11-4-5-12-26)25-18-10-13-27(16-18)21(28)17-7-2-3-8-17/h6,9,14,17-19H,2-5,7-8,10-13,15-16H2,1H3,(H2,23,24,25). The summed E-state index contributed by atoms with van der Waals surface area (Å²) in [6, 6.07) is 5.08. The van der Waals surface area contributed by atoms with Gasteiger partial charge in [-0.3, -0.25) is 14.7 Å². The smallest absolute Gasteiger partial charge is 0.225 e. The van der Waals surface area contributed by atoms with Crippen molar-refractivity contribution in [2.75, 3.05) is 39.8 Å². The third-order valence-electron chi connectivity index (χ3n) is 6.68. The Balaban J connectivity index is 1.28. The van der Waals surface area contributed by atoms with E-state index in [4.69, 9.17) is 0 Å². The molecule has 3 heterocycles. The molecule has 6 nitrogen and oxygen atoms in total. The molecule has 2 atom stereocenters. The van der Waals surface area contributed by atoms with Crippen molar-refractivity contribution in [1.82, 2.24) is 20.4 Å². The van der Waals surface area contributed by atoms with Gasteiger partial charge in [-0.05, 0) is 56.6 Å². The maximum Gasteiger partial charge on any atom is 0.225 e. The van der Waals surface area contributed by atoms with Crippen LogP contribution in [-0.2, 0) is 4.79 Å². The number of thiophene rings is 1. The van der Waals surface area contributed by atoms with Crippen molar-refractivity contribution in [3.8, 4) is 0 Å². The average molecular weight is 418 g/mol. The first-order valence-electron chi connectivity index (χ1n) is 11.3. The van der Waals surface area contributed by atoms with Crippen molar-refractivity contribution in [2.24, 2.45) is 10.9 Å². The number of hydrogen-bond donors (Lipinski definition) is 2. The van der Waals surface area contributed by atoms with E-state index in [1.54, 1.807) is 0 Å². The van der Waals surface area contributed by atoms with Crippen LogP contribution in [0.15, 0.2) is 22.5 Å². The molecule has 2 unspecified atom stereocenters. The molecule has 4 rings (SSSR count). The highest BCUT2D eigenvalue weighted by Gasteiger charge is 2.32. The Bertz CT molecular complexity index is 679. The number of nitrogens with zero attached hydrogens (tertiary/aromatic N) is 3. The van der Waals surface area contributed by atoms with Crippen LogP contribution in [0.25, 0.3) is 0 Å². The van der Waals surface area contributed by atoms with Gasteiger partial charge in [-0.1, -0.05) is 18.9 Å². The van der Waals surface area contributed by atoms with Crippen LogP contribution in [0.5, 0.6) is 0 Å². The van der Waals surface area contributed by atoms with Crippen LogP contribution in [0, 0.1) is 5.92 Å². The Hall–Kier alpha value is -1.60. The molecular weight excluding hydrogens is 382 g/mol. The molecule has 160 valence electrons. The third-order valence-corrected chi connectivity index (χ3v) is 7.66. The molecule has 1 aromatic rings. The lowest BCUT2D eigenvalue weighted by Crippen LogP contribution is -2.47. The third kappa shape index (κ3) is 5.12. The molecule has 0 radical (unpaired) electrons. The summed E-state index contributed by atoms with van der Waals surface area (Å²) in [7, 11) is 1.84. The van der Waals surface area contributed by atoms with E-state index in [1.165, 1.54) is 43.6 Å². The molecule has 2 aliphatic heterocycles. The van der Waals surface area contributed by atoms with Crippen LogP contribution in [-0.4, -0.2) is 67.5 Å².